The molecule has 0 bridgehead atoms. The number of nitrogens with zero attached hydrogens (tertiary/aromatic N) is 2. The van der Waals surface area contributed by atoms with Crippen LogP contribution >= 0.6 is 11.3 Å². The van der Waals surface area contributed by atoms with Crippen molar-refractivity contribution in [3.05, 3.63) is 79.4 Å². The monoisotopic (exact) mass is 362 g/mol. The molecule has 130 valence electrons. The number of hydrogen-bond donors (Lipinski definition) is 2. The summed E-state index contributed by atoms with van der Waals surface area (Å²) in [4.78, 5) is 23.5. The lowest BCUT2D eigenvalue weighted by atomic mass is 10.1. The van der Waals surface area contributed by atoms with Gasteiger partial charge in [0.25, 0.3) is 5.56 Å². The fourth-order valence-electron chi connectivity index (χ4n) is 3.04. The largest absolute Gasteiger partial charge is 0.369 e. The molecular weight excluding hydrogens is 344 g/mol. The third-order valence-electron chi connectivity index (χ3n) is 4.31. The van der Waals surface area contributed by atoms with E-state index in [4.69, 9.17) is 5.73 Å². The lowest BCUT2D eigenvalue weighted by Crippen LogP contribution is -2.35. The van der Waals surface area contributed by atoms with E-state index in [1.807, 2.05) is 30.3 Å². The summed E-state index contributed by atoms with van der Waals surface area (Å²) in [5.41, 5.74) is 8.06. The van der Waals surface area contributed by atoms with E-state index >= 15 is 0 Å². The predicted octanol–water partition coefficient (Wildman–Crippen LogP) is 2.37. The Labute approximate surface area is 155 Å². The Hall–Kier alpha value is -2.88. The van der Waals surface area contributed by atoms with Crippen molar-refractivity contribution in [3.63, 3.8) is 0 Å². The summed E-state index contributed by atoms with van der Waals surface area (Å²) in [6.45, 7) is 2.27. The van der Waals surface area contributed by atoms with Crippen molar-refractivity contribution in [3.8, 4) is 11.8 Å². The van der Waals surface area contributed by atoms with Crippen molar-refractivity contribution >= 4 is 17.3 Å². The smallest absolute Gasteiger partial charge is 0.257 e. The highest BCUT2D eigenvalue weighted by atomic mass is 32.1. The number of benzene rings is 1. The number of aromatic amines is 1. The van der Waals surface area contributed by atoms with Gasteiger partial charge in [-0.3, -0.25) is 14.7 Å². The van der Waals surface area contributed by atoms with E-state index < -0.39 is 0 Å². The number of aromatic nitrogens is 2. The van der Waals surface area contributed by atoms with Crippen LogP contribution in [0.5, 0.6) is 0 Å². The first-order chi connectivity index (χ1) is 12.7. The quantitative estimate of drug-likeness (QED) is 0.687. The third kappa shape index (κ3) is 3.69. The van der Waals surface area contributed by atoms with E-state index in [9.17, 15) is 4.79 Å². The van der Waals surface area contributed by atoms with Gasteiger partial charge in [-0.15, -0.1) is 11.3 Å². The summed E-state index contributed by atoms with van der Waals surface area (Å²) in [7, 11) is 0. The van der Waals surface area contributed by atoms with Crippen molar-refractivity contribution in [1.82, 2.24) is 14.9 Å². The Morgan fingerprint density at radius 1 is 1.19 bits per heavy atom. The van der Waals surface area contributed by atoms with Crippen LogP contribution in [0.4, 0.5) is 5.95 Å². The molecule has 0 saturated carbocycles. The average molecular weight is 362 g/mol. The van der Waals surface area contributed by atoms with Gasteiger partial charge in [0.15, 0.2) is 0 Å². The predicted molar refractivity (Wildman–Crippen MR) is 104 cm³/mol. The van der Waals surface area contributed by atoms with E-state index in [1.165, 1.54) is 4.88 Å². The molecule has 0 radical (unpaired) electrons. The fraction of sp³-hybridized carbons (Fsp3) is 0.200. The number of anilines is 1. The molecule has 0 aliphatic carbocycles. The average Bonchev–Trinajstić information content (AvgIpc) is 3.09. The summed E-state index contributed by atoms with van der Waals surface area (Å²) in [5.74, 6) is 6.60. The van der Waals surface area contributed by atoms with Crippen molar-refractivity contribution in [2.75, 3.05) is 12.3 Å². The summed E-state index contributed by atoms with van der Waals surface area (Å²) < 4.78 is 0. The van der Waals surface area contributed by atoms with Crippen molar-refractivity contribution < 1.29 is 0 Å². The molecule has 0 atom stereocenters. The van der Waals surface area contributed by atoms with Crippen LogP contribution in [-0.2, 0) is 19.5 Å². The van der Waals surface area contributed by atoms with Crippen LogP contribution in [0.15, 0.2) is 47.3 Å². The highest BCUT2D eigenvalue weighted by Crippen LogP contribution is 2.21. The van der Waals surface area contributed by atoms with E-state index in [1.54, 1.807) is 11.3 Å². The van der Waals surface area contributed by atoms with Crippen LogP contribution in [0.25, 0.3) is 0 Å². The first-order valence-corrected chi connectivity index (χ1v) is 9.25. The number of nitrogens with one attached hydrogen (secondary N) is 1. The third-order valence-corrected chi connectivity index (χ3v) is 5.30. The number of fused-ring (bicyclic) bond motifs is 1. The first-order valence-electron chi connectivity index (χ1n) is 8.43. The number of nitrogen functional groups attached to an aromatic ring is 1. The lowest BCUT2D eigenvalue weighted by Gasteiger charge is -2.26. The molecule has 1 aliphatic rings. The van der Waals surface area contributed by atoms with Crippen molar-refractivity contribution in [2.45, 2.75) is 19.5 Å². The minimum Gasteiger partial charge on any atom is -0.369 e. The van der Waals surface area contributed by atoms with E-state index in [0.29, 0.717) is 6.54 Å². The highest BCUT2D eigenvalue weighted by molar-refractivity contribution is 7.12. The molecule has 0 amide bonds. The van der Waals surface area contributed by atoms with Gasteiger partial charge in [-0.25, -0.2) is 4.98 Å². The van der Waals surface area contributed by atoms with E-state index in [-0.39, 0.29) is 11.5 Å². The molecule has 3 heterocycles. The maximum absolute atomic E-state index is 12.1. The van der Waals surface area contributed by atoms with Gasteiger partial charge in [-0.05, 0) is 24.3 Å². The van der Waals surface area contributed by atoms with Crippen molar-refractivity contribution in [2.24, 2.45) is 0 Å². The maximum atomic E-state index is 12.1. The molecule has 1 aliphatic heterocycles. The second-order valence-corrected chi connectivity index (χ2v) is 7.39. The molecule has 0 fully saturated rings. The molecule has 2 aromatic heterocycles. The molecule has 3 N–H and O–H groups in total. The van der Waals surface area contributed by atoms with Gasteiger partial charge in [0.2, 0.25) is 5.95 Å². The summed E-state index contributed by atoms with van der Waals surface area (Å²) in [5, 5.41) is 0. The van der Waals surface area contributed by atoms with Gasteiger partial charge in [0, 0.05) is 36.5 Å². The Morgan fingerprint density at radius 3 is 2.88 bits per heavy atom. The first kappa shape index (κ1) is 16.6. The van der Waals surface area contributed by atoms with E-state index in [2.05, 4.69) is 38.8 Å². The number of H-pyrrole nitrogens is 1. The van der Waals surface area contributed by atoms with Gasteiger partial charge >= 0.3 is 0 Å². The fourth-order valence-corrected chi connectivity index (χ4v) is 3.94. The maximum Gasteiger partial charge on any atom is 0.257 e. The Balaban J connectivity index is 1.45. The molecule has 0 saturated heterocycles. The van der Waals surface area contributed by atoms with Crippen LogP contribution in [0.3, 0.4) is 0 Å². The van der Waals surface area contributed by atoms with Crippen LogP contribution < -0.4 is 11.3 Å². The molecule has 0 spiro atoms. The van der Waals surface area contributed by atoms with Crippen molar-refractivity contribution in [1.29, 1.82) is 0 Å². The Kier molecular flexibility index (Phi) is 4.57. The van der Waals surface area contributed by atoms with Gasteiger partial charge in [0.05, 0.1) is 16.1 Å². The Bertz CT molecular complexity index is 1040. The second-order valence-electron chi connectivity index (χ2n) is 6.22. The minimum atomic E-state index is -0.127. The van der Waals surface area contributed by atoms with Crippen LogP contribution in [0, 0.1) is 11.8 Å². The normalized spacial score (nSPS) is 13.7. The molecule has 26 heavy (non-hydrogen) atoms. The SMILES string of the molecule is Nc1nc2c(c(=O)[nH]1)CN(Cc1ccc(C#Cc3ccccc3)s1)CC2. The second kappa shape index (κ2) is 7.16. The van der Waals surface area contributed by atoms with Gasteiger partial charge < -0.3 is 5.73 Å². The molecule has 0 unspecified atom stereocenters. The number of thiophene rings is 1. The van der Waals surface area contributed by atoms with Crippen LogP contribution in [-0.4, -0.2) is 21.4 Å². The summed E-state index contributed by atoms with van der Waals surface area (Å²) in [6, 6.07) is 14.1. The van der Waals surface area contributed by atoms with Gasteiger partial charge in [-0.1, -0.05) is 30.0 Å². The molecule has 1 aromatic carbocycles. The zero-order valence-electron chi connectivity index (χ0n) is 14.2. The highest BCUT2D eigenvalue weighted by Gasteiger charge is 2.21. The number of rotatable bonds is 2. The topological polar surface area (TPSA) is 75.0 Å². The van der Waals surface area contributed by atoms with Gasteiger partial charge in [-0.2, -0.15) is 0 Å². The standard InChI is InChI=1S/C20H18N4OS/c21-20-22-18-10-11-24(13-17(18)19(25)23-20)12-16-9-8-15(26-16)7-6-14-4-2-1-3-5-14/h1-5,8-9H,10-13H2,(H3,21,22,23,25). The molecule has 5 nitrogen and oxygen atoms in total. The molecule has 6 heteroatoms. The summed E-state index contributed by atoms with van der Waals surface area (Å²) in [6.07, 6.45) is 0.746. The summed E-state index contributed by atoms with van der Waals surface area (Å²) >= 11 is 1.70. The molecule has 4 rings (SSSR count). The van der Waals surface area contributed by atoms with Crippen LogP contribution in [0.1, 0.15) is 26.6 Å². The molecular formula is C20H18N4OS. The minimum absolute atomic E-state index is 0.127. The zero-order valence-corrected chi connectivity index (χ0v) is 15.0. The van der Waals surface area contributed by atoms with Crippen LogP contribution in [0.2, 0.25) is 0 Å². The molecule has 3 aromatic rings. The lowest BCUT2D eigenvalue weighted by molar-refractivity contribution is 0.244. The van der Waals surface area contributed by atoms with Gasteiger partial charge in [0.1, 0.15) is 0 Å². The zero-order chi connectivity index (χ0) is 17.9. The van der Waals surface area contributed by atoms with E-state index in [0.717, 1.165) is 41.2 Å². The number of hydrogen-bond acceptors (Lipinski definition) is 5. The number of nitrogens with two attached hydrogens (primary N) is 1. The Morgan fingerprint density at radius 2 is 2.04 bits per heavy atom.